The van der Waals surface area contributed by atoms with Crippen LogP contribution in [0.15, 0.2) is 34.8 Å². The fraction of sp³-hybridized carbons (Fsp3) is 0.375. The number of rotatable bonds is 7. The molecule has 0 amide bonds. The molecule has 0 saturated heterocycles. The van der Waals surface area contributed by atoms with E-state index >= 15 is 0 Å². The van der Waals surface area contributed by atoms with Crippen molar-refractivity contribution >= 4 is 15.9 Å². The first-order chi connectivity index (χ1) is 10.2. The van der Waals surface area contributed by atoms with Gasteiger partial charge in [0, 0.05) is 36.8 Å². The second kappa shape index (κ2) is 8.22. The van der Waals surface area contributed by atoms with Crippen LogP contribution in [0, 0.1) is 6.92 Å². The Bertz CT molecular complexity index is 572. The number of methoxy groups -OCH3 is 1. The predicted octanol–water partition coefficient (Wildman–Crippen LogP) is 2.87. The molecule has 1 aromatic heterocycles. The Morgan fingerprint density at radius 3 is 2.67 bits per heavy atom. The Morgan fingerprint density at radius 2 is 1.95 bits per heavy atom. The molecule has 0 spiro atoms. The van der Waals surface area contributed by atoms with Crippen LogP contribution in [0.4, 0.5) is 0 Å². The third-order valence-electron chi connectivity index (χ3n) is 3.02. The number of hydrogen-bond donors (Lipinski definition) is 1. The maximum Gasteiger partial charge on any atom is 0.133 e. The minimum absolute atomic E-state index is 0.704. The van der Waals surface area contributed by atoms with Crippen LogP contribution in [0.5, 0.6) is 0 Å². The van der Waals surface area contributed by atoms with Crippen LogP contribution in [-0.2, 0) is 17.7 Å². The van der Waals surface area contributed by atoms with Crippen LogP contribution in [0.25, 0.3) is 0 Å². The van der Waals surface area contributed by atoms with Crippen molar-refractivity contribution in [2.24, 2.45) is 0 Å². The number of hydrogen-bond acceptors (Lipinski definition) is 4. The fourth-order valence-corrected chi connectivity index (χ4v) is 2.31. The largest absolute Gasteiger partial charge is 0.383 e. The monoisotopic (exact) mass is 349 g/mol. The van der Waals surface area contributed by atoms with Gasteiger partial charge in [-0.05, 0) is 30.7 Å². The number of aromatic nitrogens is 2. The molecular weight excluding hydrogens is 330 g/mol. The van der Waals surface area contributed by atoms with E-state index in [1.54, 1.807) is 7.11 Å². The van der Waals surface area contributed by atoms with Gasteiger partial charge in [-0.25, -0.2) is 9.97 Å². The molecule has 4 nitrogen and oxygen atoms in total. The second-order valence-electron chi connectivity index (χ2n) is 4.89. The van der Waals surface area contributed by atoms with Crippen LogP contribution in [0.3, 0.4) is 0 Å². The van der Waals surface area contributed by atoms with E-state index in [4.69, 9.17) is 4.74 Å². The summed E-state index contributed by atoms with van der Waals surface area (Å²) in [4.78, 5) is 9.14. The van der Waals surface area contributed by atoms with Crippen molar-refractivity contribution in [3.8, 4) is 0 Å². The molecule has 0 unspecified atom stereocenters. The van der Waals surface area contributed by atoms with Gasteiger partial charge in [-0.1, -0.05) is 28.1 Å². The lowest BCUT2D eigenvalue weighted by atomic mass is 10.1. The van der Waals surface area contributed by atoms with E-state index in [-0.39, 0.29) is 0 Å². The average molecular weight is 350 g/mol. The summed E-state index contributed by atoms with van der Waals surface area (Å²) in [5.41, 5.74) is 3.23. The van der Waals surface area contributed by atoms with Crippen LogP contribution < -0.4 is 5.32 Å². The summed E-state index contributed by atoms with van der Waals surface area (Å²) in [5.74, 6) is 0.862. The van der Waals surface area contributed by atoms with E-state index in [9.17, 15) is 0 Å². The molecule has 1 N–H and O–H groups in total. The molecule has 0 saturated carbocycles. The van der Waals surface area contributed by atoms with Crippen molar-refractivity contribution in [3.05, 3.63) is 57.6 Å². The molecule has 21 heavy (non-hydrogen) atoms. The Labute approximate surface area is 134 Å². The second-order valence-corrected chi connectivity index (χ2v) is 5.81. The van der Waals surface area contributed by atoms with Gasteiger partial charge in [0.1, 0.15) is 5.82 Å². The van der Waals surface area contributed by atoms with Crippen molar-refractivity contribution < 1.29 is 4.74 Å². The van der Waals surface area contributed by atoms with E-state index in [1.165, 1.54) is 5.56 Å². The van der Waals surface area contributed by atoms with Gasteiger partial charge >= 0.3 is 0 Å². The normalized spacial score (nSPS) is 10.8. The smallest absolute Gasteiger partial charge is 0.133 e. The van der Waals surface area contributed by atoms with Gasteiger partial charge in [-0.2, -0.15) is 0 Å². The van der Waals surface area contributed by atoms with Gasteiger partial charge in [0.2, 0.25) is 0 Å². The molecule has 1 heterocycles. The summed E-state index contributed by atoms with van der Waals surface area (Å²) >= 11 is 3.45. The predicted molar refractivity (Wildman–Crippen MR) is 87.3 cm³/mol. The minimum Gasteiger partial charge on any atom is -0.383 e. The Morgan fingerprint density at radius 1 is 1.19 bits per heavy atom. The molecule has 112 valence electrons. The SMILES string of the molecule is COCCNCc1cc(C)nc(Cc2ccc(Br)cc2)n1. The molecule has 0 bridgehead atoms. The first kappa shape index (κ1) is 16.1. The molecule has 0 aliphatic rings. The van der Waals surface area contributed by atoms with Crippen molar-refractivity contribution in [1.29, 1.82) is 0 Å². The summed E-state index contributed by atoms with van der Waals surface area (Å²) in [5, 5.41) is 3.31. The van der Waals surface area contributed by atoms with Crippen molar-refractivity contribution in [3.63, 3.8) is 0 Å². The lowest BCUT2D eigenvalue weighted by Crippen LogP contribution is -2.20. The van der Waals surface area contributed by atoms with Gasteiger partial charge in [0.15, 0.2) is 0 Å². The van der Waals surface area contributed by atoms with E-state index < -0.39 is 0 Å². The summed E-state index contributed by atoms with van der Waals surface area (Å²) < 4.78 is 6.10. The van der Waals surface area contributed by atoms with E-state index in [0.29, 0.717) is 6.61 Å². The number of nitrogens with one attached hydrogen (secondary N) is 1. The first-order valence-corrected chi connectivity index (χ1v) is 7.74. The van der Waals surface area contributed by atoms with Gasteiger partial charge in [-0.3, -0.25) is 0 Å². The zero-order chi connectivity index (χ0) is 15.1. The summed E-state index contributed by atoms with van der Waals surface area (Å²) in [6.07, 6.45) is 0.750. The fourth-order valence-electron chi connectivity index (χ4n) is 2.05. The lowest BCUT2D eigenvalue weighted by Gasteiger charge is -2.07. The Hall–Kier alpha value is -1.30. The standard InChI is InChI=1S/C16H20BrN3O/c1-12-9-15(11-18-7-8-21-2)20-16(19-12)10-13-3-5-14(17)6-4-13/h3-6,9,18H,7-8,10-11H2,1-2H3. The quantitative estimate of drug-likeness (QED) is 0.780. The highest BCUT2D eigenvalue weighted by Gasteiger charge is 2.04. The Balaban J connectivity index is 2.02. The maximum absolute atomic E-state index is 5.02. The third kappa shape index (κ3) is 5.53. The van der Waals surface area contributed by atoms with E-state index in [1.807, 2.05) is 25.1 Å². The van der Waals surface area contributed by atoms with Crippen LogP contribution in [0.1, 0.15) is 22.8 Å². The highest BCUT2D eigenvalue weighted by molar-refractivity contribution is 9.10. The van der Waals surface area contributed by atoms with Crippen LogP contribution in [-0.4, -0.2) is 30.2 Å². The molecule has 2 rings (SSSR count). The minimum atomic E-state index is 0.704. The molecule has 5 heteroatoms. The van der Waals surface area contributed by atoms with Gasteiger partial charge in [-0.15, -0.1) is 0 Å². The van der Waals surface area contributed by atoms with Gasteiger partial charge in [0.25, 0.3) is 0 Å². The molecular formula is C16H20BrN3O. The highest BCUT2D eigenvalue weighted by atomic mass is 79.9. The zero-order valence-corrected chi connectivity index (χ0v) is 14.0. The van der Waals surface area contributed by atoms with Crippen LogP contribution >= 0.6 is 15.9 Å². The maximum atomic E-state index is 5.02. The molecule has 0 radical (unpaired) electrons. The highest BCUT2D eigenvalue weighted by Crippen LogP contribution is 2.13. The van der Waals surface area contributed by atoms with Crippen molar-refractivity contribution in [2.45, 2.75) is 19.9 Å². The average Bonchev–Trinajstić information content (AvgIpc) is 2.46. The number of benzene rings is 1. The van der Waals surface area contributed by atoms with Crippen molar-refractivity contribution in [1.82, 2.24) is 15.3 Å². The van der Waals surface area contributed by atoms with E-state index in [2.05, 4.69) is 43.3 Å². The molecule has 0 aliphatic heterocycles. The summed E-state index contributed by atoms with van der Waals surface area (Å²) in [6, 6.07) is 10.3. The number of ether oxygens (including phenoxy) is 1. The Kier molecular flexibility index (Phi) is 6.29. The first-order valence-electron chi connectivity index (χ1n) is 6.95. The molecule has 2 aromatic rings. The van der Waals surface area contributed by atoms with Crippen LogP contribution in [0.2, 0.25) is 0 Å². The molecule has 0 atom stereocenters. The third-order valence-corrected chi connectivity index (χ3v) is 3.55. The van der Waals surface area contributed by atoms with E-state index in [0.717, 1.165) is 41.2 Å². The summed E-state index contributed by atoms with van der Waals surface area (Å²) in [7, 11) is 1.70. The molecule has 0 aliphatic carbocycles. The molecule has 1 aromatic carbocycles. The van der Waals surface area contributed by atoms with Gasteiger partial charge < -0.3 is 10.1 Å². The topological polar surface area (TPSA) is 47.0 Å². The number of aryl methyl sites for hydroxylation is 1. The molecule has 0 fully saturated rings. The lowest BCUT2D eigenvalue weighted by molar-refractivity contribution is 0.199. The van der Waals surface area contributed by atoms with Gasteiger partial charge in [0.05, 0.1) is 12.3 Å². The number of nitrogens with zero attached hydrogens (tertiary/aromatic N) is 2. The zero-order valence-electron chi connectivity index (χ0n) is 12.4. The van der Waals surface area contributed by atoms with Crippen molar-refractivity contribution in [2.75, 3.05) is 20.3 Å². The number of halogens is 1. The summed E-state index contributed by atoms with van der Waals surface area (Å²) in [6.45, 7) is 4.27.